The minimum Gasteiger partial charge on any atom is -0.385 e. The lowest BCUT2D eigenvalue weighted by Gasteiger charge is -2.44. The van der Waals surface area contributed by atoms with Gasteiger partial charge in [0.2, 0.25) is 0 Å². The zero-order valence-electron chi connectivity index (χ0n) is 11.7. The topological polar surface area (TPSA) is 44.5 Å². The molecule has 2 unspecified atom stereocenters. The van der Waals surface area contributed by atoms with E-state index < -0.39 is 0 Å². The normalized spacial score (nSPS) is 23.3. The summed E-state index contributed by atoms with van der Waals surface area (Å²) >= 11 is 0. The predicted molar refractivity (Wildman–Crippen MR) is 71.1 cm³/mol. The quantitative estimate of drug-likeness (QED) is 0.747. The van der Waals surface area contributed by atoms with E-state index in [9.17, 15) is 0 Å². The molecule has 3 nitrogen and oxygen atoms in total. The molecular weight excluding hydrogens is 214 g/mol. The maximum Gasteiger partial charge on any atom is 0.0835 e. The first kappa shape index (κ1) is 14.9. The fourth-order valence-corrected chi connectivity index (χ4v) is 3.01. The number of nitrogens with two attached hydrogens (primary N) is 1. The van der Waals surface area contributed by atoms with Gasteiger partial charge in [0.25, 0.3) is 0 Å². The van der Waals surface area contributed by atoms with E-state index >= 15 is 0 Å². The van der Waals surface area contributed by atoms with Crippen molar-refractivity contribution in [1.29, 1.82) is 0 Å². The van der Waals surface area contributed by atoms with E-state index in [4.69, 9.17) is 15.2 Å². The molecule has 17 heavy (non-hydrogen) atoms. The number of hydrogen-bond donors (Lipinski definition) is 1. The maximum absolute atomic E-state index is 6.47. The molecule has 102 valence electrons. The van der Waals surface area contributed by atoms with Gasteiger partial charge in [-0.05, 0) is 32.1 Å². The summed E-state index contributed by atoms with van der Waals surface area (Å²) in [6.07, 6.45) is 7.11. The van der Waals surface area contributed by atoms with Gasteiger partial charge >= 0.3 is 0 Å². The van der Waals surface area contributed by atoms with Gasteiger partial charge in [-0.3, -0.25) is 0 Å². The minimum atomic E-state index is -0.0693. The molecule has 1 aliphatic rings. The van der Waals surface area contributed by atoms with Gasteiger partial charge in [-0.25, -0.2) is 0 Å². The van der Waals surface area contributed by atoms with E-state index in [-0.39, 0.29) is 11.6 Å². The molecule has 2 atom stereocenters. The Balaban J connectivity index is 2.61. The summed E-state index contributed by atoms with van der Waals surface area (Å²) in [6, 6.07) is 0.137. The van der Waals surface area contributed by atoms with Crippen molar-refractivity contribution in [3.63, 3.8) is 0 Å². The Labute approximate surface area is 106 Å². The van der Waals surface area contributed by atoms with E-state index in [1.165, 1.54) is 19.3 Å². The molecule has 0 aromatic carbocycles. The van der Waals surface area contributed by atoms with Gasteiger partial charge in [-0.1, -0.05) is 26.2 Å². The lowest BCUT2D eigenvalue weighted by Crippen LogP contribution is -2.54. The third kappa shape index (κ3) is 3.94. The van der Waals surface area contributed by atoms with E-state index in [1.807, 2.05) is 0 Å². The van der Waals surface area contributed by atoms with Crippen LogP contribution < -0.4 is 5.73 Å². The van der Waals surface area contributed by atoms with Crippen LogP contribution in [0.2, 0.25) is 0 Å². The summed E-state index contributed by atoms with van der Waals surface area (Å²) in [4.78, 5) is 0. The highest BCUT2D eigenvalue weighted by Gasteiger charge is 2.40. The Morgan fingerprint density at radius 3 is 2.41 bits per heavy atom. The second-order valence-electron chi connectivity index (χ2n) is 5.34. The van der Waals surface area contributed by atoms with Gasteiger partial charge in [0.15, 0.2) is 0 Å². The summed E-state index contributed by atoms with van der Waals surface area (Å²) in [5, 5.41) is 0. The van der Waals surface area contributed by atoms with Crippen LogP contribution in [0.4, 0.5) is 0 Å². The van der Waals surface area contributed by atoms with Crippen LogP contribution in [-0.2, 0) is 9.47 Å². The summed E-state index contributed by atoms with van der Waals surface area (Å²) in [5.74, 6) is 0.458. The number of ether oxygens (including phenoxy) is 2. The summed E-state index contributed by atoms with van der Waals surface area (Å²) < 4.78 is 11.2. The highest BCUT2D eigenvalue weighted by Crippen LogP contribution is 2.36. The van der Waals surface area contributed by atoms with Gasteiger partial charge in [0.1, 0.15) is 0 Å². The minimum absolute atomic E-state index is 0.0693. The highest BCUT2D eigenvalue weighted by molar-refractivity contribution is 4.96. The van der Waals surface area contributed by atoms with Crippen molar-refractivity contribution in [3.05, 3.63) is 0 Å². The Hall–Kier alpha value is -0.120. The lowest BCUT2D eigenvalue weighted by atomic mass is 9.74. The van der Waals surface area contributed by atoms with Crippen LogP contribution in [0.5, 0.6) is 0 Å². The van der Waals surface area contributed by atoms with Crippen LogP contribution in [-0.4, -0.2) is 32.0 Å². The summed E-state index contributed by atoms with van der Waals surface area (Å²) in [5.41, 5.74) is 6.40. The average Bonchev–Trinajstić information content (AvgIpc) is 2.36. The van der Waals surface area contributed by atoms with Gasteiger partial charge in [0.05, 0.1) is 5.60 Å². The molecule has 1 rings (SSSR count). The van der Waals surface area contributed by atoms with Gasteiger partial charge in [-0.15, -0.1) is 0 Å². The molecule has 1 aliphatic carbocycles. The van der Waals surface area contributed by atoms with Crippen molar-refractivity contribution in [2.45, 2.75) is 64.0 Å². The zero-order chi connectivity index (χ0) is 12.7. The smallest absolute Gasteiger partial charge is 0.0835 e. The van der Waals surface area contributed by atoms with Crippen molar-refractivity contribution in [2.24, 2.45) is 11.7 Å². The Morgan fingerprint density at radius 2 is 1.88 bits per heavy atom. The van der Waals surface area contributed by atoms with Gasteiger partial charge in [-0.2, -0.15) is 0 Å². The number of rotatable bonds is 7. The van der Waals surface area contributed by atoms with Crippen molar-refractivity contribution >= 4 is 0 Å². The Morgan fingerprint density at radius 1 is 1.24 bits per heavy atom. The molecule has 3 heteroatoms. The van der Waals surface area contributed by atoms with Crippen LogP contribution in [0.1, 0.15) is 52.4 Å². The lowest BCUT2D eigenvalue weighted by molar-refractivity contribution is -0.0935. The number of methoxy groups -OCH3 is 1. The van der Waals surface area contributed by atoms with Crippen LogP contribution in [0.25, 0.3) is 0 Å². The first-order valence-electron chi connectivity index (χ1n) is 7.04. The molecule has 1 saturated carbocycles. The van der Waals surface area contributed by atoms with Crippen molar-refractivity contribution in [2.75, 3.05) is 20.3 Å². The average molecular weight is 243 g/mol. The SMILES string of the molecule is CCOC1(C(N)C(C)CCOC)CCCCC1. The standard InChI is InChI=1S/C14H29NO2/c1-4-17-14(9-6-5-7-10-14)13(15)12(2)8-11-16-3/h12-13H,4-11,15H2,1-3H3. The highest BCUT2D eigenvalue weighted by atomic mass is 16.5. The van der Waals surface area contributed by atoms with Crippen LogP contribution in [0, 0.1) is 5.92 Å². The van der Waals surface area contributed by atoms with E-state index in [0.717, 1.165) is 32.5 Å². The third-order valence-electron chi connectivity index (χ3n) is 4.13. The molecule has 0 aromatic heterocycles. The van der Waals surface area contributed by atoms with Crippen molar-refractivity contribution < 1.29 is 9.47 Å². The second kappa shape index (κ2) is 7.34. The molecule has 0 heterocycles. The van der Waals surface area contributed by atoms with Crippen LogP contribution in [0.15, 0.2) is 0 Å². The number of hydrogen-bond acceptors (Lipinski definition) is 3. The fraction of sp³-hybridized carbons (Fsp3) is 1.00. The van der Waals surface area contributed by atoms with Crippen molar-refractivity contribution in [1.82, 2.24) is 0 Å². The summed E-state index contributed by atoms with van der Waals surface area (Å²) in [7, 11) is 1.75. The van der Waals surface area contributed by atoms with E-state index in [1.54, 1.807) is 7.11 Å². The molecule has 0 aromatic rings. The van der Waals surface area contributed by atoms with E-state index in [2.05, 4.69) is 13.8 Å². The fourth-order valence-electron chi connectivity index (χ4n) is 3.01. The third-order valence-corrected chi connectivity index (χ3v) is 4.13. The summed E-state index contributed by atoms with van der Waals surface area (Å²) in [6.45, 7) is 5.85. The molecule has 0 radical (unpaired) electrons. The first-order valence-corrected chi connectivity index (χ1v) is 7.04. The van der Waals surface area contributed by atoms with Crippen LogP contribution in [0.3, 0.4) is 0 Å². The second-order valence-corrected chi connectivity index (χ2v) is 5.34. The molecule has 0 amide bonds. The maximum atomic E-state index is 6.47. The Kier molecular flexibility index (Phi) is 6.45. The molecule has 0 aliphatic heterocycles. The van der Waals surface area contributed by atoms with Crippen molar-refractivity contribution in [3.8, 4) is 0 Å². The van der Waals surface area contributed by atoms with Gasteiger partial charge < -0.3 is 15.2 Å². The Bertz CT molecular complexity index is 197. The van der Waals surface area contributed by atoms with E-state index in [0.29, 0.717) is 5.92 Å². The molecule has 0 saturated heterocycles. The van der Waals surface area contributed by atoms with Crippen LogP contribution >= 0.6 is 0 Å². The molecule has 0 bridgehead atoms. The van der Waals surface area contributed by atoms with Gasteiger partial charge in [0, 0.05) is 26.4 Å². The molecule has 2 N–H and O–H groups in total. The predicted octanol–water partition coefficient (Wildman–Crippen LogP) is 2.73. The zero-order valence-corrected chi connectivity index (χ0v) is 11.7. The largest absolute Gasteiger partial charge is 0.385 e. The first-order chi connectivity index (χ1) is 8.16. The molecular formula is C14H29NO2. The molecule has 1 fully saturated rings. The monoisotopic (exact) mass is 243 g/mol. The molecule has 0 spiro atoms.